The summed E-state index contributed by atoms with van der Waals surface area (Å²) in [4.78, 5) is 41.3. The van der Waals surface area contributed by atoms with Crippen LogP contribution in [0.5, 0.6) is 0 Å². The Bertz CT molecular complexity index is 1100. The third kappa shape index (κ3) is 9.19. The topological polar surface area (TPSA) is 95.9 Å². The SMILES string of the molecule is C=CCC[C@H](Cc1ccccc1)C(=O)O[C@H](CNC(=O)[C@H](CC=C)CC(=O)N1CCC[C@H]1CO)c1ccccc1. The van der Waals surface area contributed by atoms with Crippen molar-refractivity contribution in [2.45, 2.75) is 57.1 Å². The number of benzene rings is 2. The van der Waals surface area contributed by atoms with E-state index in [4.69, 9.17) is 4.74 Å². The molecule has 1 aliphatic heterocycles. The average molecular weight is 547 g/mol. The first-order valence-electron chi connectivity index (χ1n) is 14.2. The zero-order valence-electron chi connectivity index (χ0n) is 23.3. The highest BCUT2D eigenvalue weighted by Gasteiger charge is 2.32. The van der Waals surface area contributed by atoms with Gasteiger partial charge in [0.1, 0.15) is 6.10 Å². The van der Waals surface area contributed by atoms with Gasteiger partial charge in [0.2, 0.25) is 11.8 Å². The molecule has 1 fully saturated rings. The molecule has 0 aromatic heterocycles. The van der Waals surface area contributed by atoms with E-state index >= 15 is 0 Å². The largest absolute Gasteiger partial charge is 0.455 e. The molecule has 2 aromatic rings. The fraction of sp³-hybridized carbons (Fsp3) is 0.424. The first-order valence-corrected chi connectivity index (χ1v) is 14.2. The van der Waals surface area contributed by atoms with Crippen molar-refractivity contribution in [1.29, 1.82) is 0 Å². The number of rotatable bonds is 16. The van der Waals surface area contributed by atoms with Crippen molar-refractivity contribution in [2.75, 3.05) is 19.7 Å². The Balaban J connectivity index is 1.69. The Morgan fingerprint density at radius 2 is 1.73 bits per heavy atom. The predicted molar refractivity (Wildman–Crippen MR) is 156 cm³/mol. The molecule has 3 rings (SSSR count). The van der Waals surface area contributed by atoms with Gasteiger partial charge in [-0.3, -0.25) is 14.4 Å². The van der Waals surface area contributed by atoms with Crippen LogP contribution in [-0.2, 0) is 25.5 Å². The number of ether oxygens (including phenoxy) is 1. The molecular weight excluding hydrogens is 504 g/mol. The fourth-order valence-corrected chi connectivity index (χ4v) is 5.16. The number of nitrogens with one attached hydrogen (secondary N) is 1. The first kappa shape index (κ1) is 30.8. The zero-order valence-corrected chi connectivity index (χ0v) is 23.3. The normalized spacial score (nSPS) is 16.9. The number of aliphatic hydroxyl groups excluding tert-OH is 1. The summed E-state index contributed by atoms with van der Waals surface area (Å²) in [7, 11) is 0. The number of carbonyl (C=O) groups is 3. The summed E-state index contributed by atoms with van der Waals surface area (Å²) >= 11 is 0. The van der Waals surface area contributed by atoms with Gasteiger partial charge in [0, 0.05) is 13.0 Å². The number of esters is 1. The van der Waals surface area contributed by atoms with Crippen LogP contribution in [0.3, 0.4) is 0 Å². The quantitative estimate of drug-likeness (QED) is 0.233. The molecular formula is C33H42N2O5. The molecule has 1 heterocycles. The van der Waals surface area contributed by atoms with E-state index < -0.39 is 12.0 Å². The molecule has 4 atom stereocenters. The van der Waals surface area contributed by atoms with Crippen molar-refractivity contribution in [1.82, 2.24) is 10.2 Å². The van der Waals surface area contributed by atoms with Crippen molar-refractivity contribution >= 4 is 17.8 Å². The summed E-state index contributed by atoms with van der Waals surface area (Å²) < 4.78 is 6.04. The van der Waals surface area contributed by atoms with Crippen LogP contribution in [0.15, 0.2) is 86.0 Å². The van der Waals surface area contributed by atoms with E-state index in [1.165, 1.54) is 0 Å². The minimum atomic E-state index is -0.683. The highest BCUT2D eigenvalue weighted by Crippen LogP contribution is 2.24. The van der Waals surface area contributed by atoms with Gasteiger partial charge in [-0.25, -0.2) is 0 Å². The average Bonchev–Trinajstić information content (AvgIpc) is 3.47. The van der Waals surface area contributed by atoms with Crippen LogP contribution in [0, 0.1) is 11.8 Å². The number of hydrogen-bond acceptors (Lipinski definition) is 5. The van der Waals surface area contributed by atoms with Crippen LogP contribution in [0.1, 0.15) is 55.8 Å². The number of allylic oxidation sites excluding steroid dienone is 2. The van der Waals surface area contributed by atoms with E-state index in [0.717, 1.165) is 24.0 Å². The summed E-state index contributed by atoms with van der Waals surface area (Å²) in [6.45, 7) is 8.15. The Kier molecular flexibility index (Phi) is 12.6. The van der Waals surface area contributed by atoms with E-state index in [1.807, 2.05) is 60.7 Å². The molecule has 40 heavy (non-hydrogen) atoms. The second-order valence-electron chi connectivity index (χ2n) is 10.3. The third-order valence-corrected chi connectivity index (χ3v) is 7.42. The summed E-state index contributed by atoms with van der Waals surface area (Å²) in [6.07, 6.45) is 6.58. The maximum atomic E-state index is 13.4. The van der Waals surface area contributed by atoms with Gasteiger partial charge < -0.3 is 20.1 Å². The Labute approximate surface area is 237 Å². The minimum Gasteiger partial charge on any atom is -0.455 e. The highest BCUT2D eigenvalue weighted by atomic mass is 16.5. The maximum absolute atomic E-state index is 13.4. The van der Waals surface area contributed by atoms with Crippen molar-refractivity contribution in [3.8, 4) is 0 Å². The molecule has 2 amide bonds. The van der Waals surface area contributed by atoms with E-state index in [1.54, 1.807) is 17.1 Å². The Morgan fingerprint density at radius 1 is 1.02 bits per heavy atom. The van der Waals surface area contributed by atoms with Gasteiger partial charge in [0.05, 0.1) is 31.0 Å². The molecule has 0 bridgehead atoms. The van der Waals surface area contributed by atoms with Crippen molar-refractivity contribution in [3.63, 3.8) is 0 Å². The van der Waals surface area contributed by atoms with E-state index in [-0.39, 0.29) is 49.3 Å². The molecule has 0 spiro atoms. The highest BCUT2D eigenvalue weighted by molar-refractivity contribution is 5.86. The van der Waals surface area contributed by atoms with Gasteiger partial charge in [-0.15, -0.1) is 13.2 Å². The van der Waals surface area contributed by atoms with Crippen LogP contribution in [0.4, 0.5) is 0 Å². The summed E-state index contributed by atoms with van der Waals surface area (Å²) in [5, 5.41) is 12.5. The molecule has 1 aliphatic rings. The maximum Gasteiger partial charge on any atom is 0.309 e. The van der Waals surface area contributed by atoms with Crippen LogP contribution in [0.2, 0.25) is 0 Å². The first-order chi connectivity index (χ1) is 19.5. The van der Waals surface area contributed by atoms with Gasteiger partial charge in [-0.2, -0.15) is 0 Å². The lowest BCUT2D eigenvalue weighted by molar-refractivity contribution is -0.155. The number of hydrogen-bond donors (Lipinski definition) is 2. The number of nitrogens with zero attached hydrogens (tertiary/aromatic N) is 1. The predicted octanol–water partition coefficient (Wildman–Crippen LogP) is 4.78. The number of carbonyl (C=O) groups excluding carboxylic acids is 3. The zero-order chi connectivity index (χ0) is 28.7. The molecule has 2 N–H and O–H groups in total. The van der Waals surface area contributed by atoms with Crippen LogP contribution < -0.4 is 5.32 Å². The second kappa shape index (κ2) is 16.4. The molecule has 0 aliphatic carbocycles. The molecule has 1 saturated heterocycles. The molecule has 0 radical (unpaired) electrons. The smallest absolute Gasteiger partial charge is 0.309 e. The summed E-state index contributed by atoms with van der Waals surface area (Å²) in [5.41, 5.74) is 1.83. The van der Waals surface area contributed by atoms with E-state index in [2.05, 4.69) is 18.5 Å². The fourth-order valence-electron chi connectivity index (χ4n) is 5.16. The summed E-state index contributed by atoms with van der Waals surface area (Å²) in [6, 6.07) is 19.0. The molecule has 2 aromatic carbocycles. The van der Waals surface area contributed by atoms with Crippen molar-refractivity contribution in [2.24, 2.45) is 11.8 Å². The van der Waals surface area contributed by atoms with E-state index in [0.29, 0.717) is 32.2 Å². The van der Waals surface area contributed by atoms with Crippen LogP contribution in [-0.4, -0.2) is 53.5 Å². The Hall–Kier alpha value is -3.71. The molecule has 7 heteroatoms. The standard InChI is InChI=1S/C33H42N2O5/c1-3-5-16-28(21-25-14-8-6-9-15-25)33(39)40-30(26-17-10-7-11-18-26)23-34-32(38)27(13-4-2)22-31(37)35-20-12-19-29(35)24-36/h3-4,6-11,14-15,17-18,27-30,36H,1-2,5,12-13,16,19-24H2,(H,34,38)/t27-,28-,29+,30-/m1/s1. The van der Waals surface area contributed by atoms with Crippen molar-refractivity contribution < 1.29 is 24.2 Å². The third-order valence-electron chi connectivity index (χ3n) is 7.42. The molecule has 0 saturated carbocycles. The monoisotopic (exact) mass is 546 g/mol. The Morgan fingerprint density at radius 3 is 2.38 bits per heavy atom. The molecule has 0 unspecified atom stereocenters. The molecule has 7 nitrogen and oxygen atoms in total. The lowest BCUT2D eigenvalue weighted by Gasteiger charge is -2.26. The van der Waals surface area contributed by atoms with E-state index in [9.17, 15) is 19.5 Å². The van der Waals surface area contributed by atoms with Gasteiger partial charge in [-0.1, -0.05) is 72.8 Å². The number of amides is 2. The number of likely N-dealkylation sites (tertiary alicyclic amines) is 1. The van der Waals surface area contributed by atoms with Gasteiger partial charge in [0.15, 0.2) is 0 Å². The van der Waals surface area contributed by atoms with Gasteiger partial charge >= 0.3 is 5.97 Å². The lowest BCUT2D eigenvalue weighted by Crippen LogP contribution is -2.41. The molecule has 214 valence electrons. The number of aliphatic hydroxyl groups is 1. The summed E-state index contributed by atoms with van der Waals surface area (Å²) in [5.74, 6) is -1.72. The van der Waals surface area contributed by atoms with Gasteiger partial charge in [-0.05, 0) is 49.7 Å². The van der Waals surface area contributed by atoms with Crippen molar-refractivity contribution in [3.05, 3.63) is 97.1 Å². The van der Waals surface area contributed by atoms with Gasteiger partial charge in [0.25, 0.3) is 0 Å². The van der Waals surface area contributed by atoms with Crippen LogP contribution in [0.25, 0.3) is 0 Å². The lowest BCUT2D eigenvalue weighted by atomic mass is 9.94. The minimum absolute atomic E-state index is 0.0326. The second-order valence-corrected chi connectivity index (χ2v) is 10.3. The van der Waals surface area contributed by atoms with Crippen LogP contribution >= 0.6 is 0 Å².